The van der Waals surface area contributed by atoms with Crippen LogP contribution in [0.5, 0.6) is 11.5 Å². The predicted octanol–water partition coefficient (Wildman–Crippen LogP) is 3.11. The van der Waals surface area contributed by atoms with Crippen molar-refractivity contribution in [1.29, 1.82) is 0 Å². The first-order valence-electron chi connectivity index (χ1n) is 7.54. The van der Waals surface area contributed by atoms with Gasteiger partial charge in [0.15, 0.2) is 11.5 Å². The number of allylic oxidation sites excluding steroid dienone is 2. The fourth-order valence-electron chi connectivity index (χ4n) is 2.40. The number of carbonyl (C=O) groups is 1. The average molecular weight is 370 g/mol. The molecule has 1 N–H and O–H groups in total. The minimum Gasteiger partial charge on any atom is -0.454 e. The van der Waals surface area contributed by atoms with Crippen LogP contribution >= 0.6 is 23.2 Å². The molecular weight excluding hydrogens is 353 g/mol. The molecule has 3 unspecified atom stereocenters. The van der Waals surface area contributed by atoms with Crippen molar-refractivity contribution in [3.63, 3.8) is 0 Å². The molecule has 0 aromatic heterocycles. The minimum atomic E-state index is -0.639. The lowest BCUT2D eigenvalue weighted by Crippen LogP contribution is -2.38. The highest BCUT2D eigenvalue weighted by atomic mass is 35.5. The van der Waals surface area contributed by atoms with Crippen LogP contribution in [0.3, 0.4) is 0 Å². The molecule has 1 aromatic rings. The molecule has 1 aliphatic heterocycles. The predicted molar refractivity (Wildman–Crippen MR) is 91.5 cm³/mol. The van der Waals surface area contributed by atoms with Gasteiger partial charge < -0.3 is 19.5 Å². The van der Waals surface area contributed by atoms with E-state index in [9.17, 15) is 4.79 Å². The van der Waals surface area contributed by atoms with E-state index in [0.29, 0.717) is 23.1 Å². The maximum atomic E-state index is 12.2. The summed E-state index contributed by atoms with van der Waals surface area (Å²) in [5.74, 6) is 1.18. The second-order valence-electron chi connectivity index (χ2n) is 5.50. The number of rotatable bonds is 5. The number of benzene rings is 1. The summed E-state index contributed by atoms with van der Waals surface area (Å²) in [5.41, 5.74) is 0.919. The second-order valence-corrected chi connectivity index (χ2v) is 6.44. The van der Waals surface area contributed by atoms with Crippen molar-refractivity contribution < 1.29 is 19.0 Å². The SMILES string of the molecule is CC(OC1C=CC(Cl)=CC1Cl)C(=O)NCc1ccc2c(c1)OCO2. The first kappa shape index (κ1) is 17.1. The van der Waals surface area contributed by atoms with Crippen molar-refractivity contribution in [3.05, 3.63) is 47.0 Å². The molecule has 0 saturated carbocycles. The molecule has 128 valence electrons. The number of amides is 1. The Kier molecular flexibility index (Phi) is 5.33. The Bertz CT molecular complexity index is 689. The topological polar surface area (TPSA) is 56.8 Å². The third kappa shape index (κ3) is 4.04. The highest BCUT2D eigenvalue weighted by Gasteiger charge is 2.24. The lowest BCUT2D eigenvalue weighted by molar-refractivity contribution is -0.133. The molecule has 3 rings (SSSR count). The minimum absolute atomic E-state index is 0.217. The van der Waals surface area contributed by atoms with E-state index >= 15 is 0 Å². The van der Waals surface area contributed by atoms with Crippen molar-refractivity contribution in [2.24, 2.45) is 0 Å². The van der Waals surface area contributed by atoms with Crippen LogP contribution in [0.25, 0.3) is 0 Å². The normalized spacial score (nSPS) is 22.9. The Hall–Kier alpha value is -1.69. The van der Waals surface area contributed by atoms with Crippen LogP contribution in [0.2, 0.25) is 0 Å². The van der Waals surface area contributed by atoms with Gasteiger partial charge in [0.05, 0.1) is 11.5 Å². The summed E-state index contributed by atoms with van der Waals surface area (Å²) in [6.45, 7) is 2.29. The standard InChI is InChI=1S/C17H17Cl2NO4/c1-10(24-14-5-3-12(18)7-13(14)19)17(21)20-8-11-2-4-15-16(6-11)23-9-22-15/h2-7,10,13-14H,8-9H2,1H3,(H,20,21). The molecule has 24 heavy (non-hydrogen) atoms. The number of nitrogens with one attached hydrogen (secondary N) is 1. The van der Waals surface area contributed by atoms with Crippen molar-refractivity contribution in [2.75, 3.05) is 6.79 Å². The van der Waals surface area contributed by atoms with Gasteiger partial charge in [-0.3, -0.25) is 4.79 Å². The van der Waals surface area contributed by atoms with Gasteiger partial charge in [-0.25, -0.2) is 0 Å². The molecule has 0 spiro atoms. The van der Waals surface area contributed by atoms with Crippen LogP contribution in [-0.2, 0) is 16.1 Å². The van der Waals surface area contributed by atoms with E-state index in [-0.39, 0.29) is 18.8 Å². The molecule has 1 aromatic carbocycles. The number of hydrogen-bond acceptors (Lipinski definition) is 4. The van der Waals surface area contributed by atoms with Crippen LogP contribution in [0.4, 0.5) is 0 Å². The summed E-state index contributed by atoms with van der Waals surface area (Å²) in [6, 6.07) is 5.55. The Morgan fingerprint density at radius 2 is 2.21 bits per heavy atom. The zero-order valence-corrected chi connectivity index (χ0v) is 14.5. The zero-order valence-electron chi connectivity index (χ0n) is 13.0. The number of carbonyl (C=O) groups excluding carboxylic acids is 1. The molecule has 0 fully saturated rings. The van der Waals surface area contributed by atoms with Crippen LogP contribution in [0, 0.1) is 0 Å². The lowest BCUT2D eigenvalue weighted by Gasteiger charge is -2.24. The quantitative estimate of drug-likeness (QED) is 0.810. The molecular formula is C17H17Cl2NO4. The number of halogens is 2. The summed E-state index contributed by atoms with van der Waals surface area (Å²) in [4.78, 5) is 12.2. The molecule has 5 nitrogen and oxygen atoms in total. The average Bonchev–Trinajstić information content (AvgIpc) is 3.02. The van der Waals surface area contributed by atoms with Gasteiger partial charge in [0.2, 0.25) is 12.7 Å². The molecule has 1 heterocycles. The van der Waals surface area contributed by atoms with E-state index in [0.717, 1.165) is 5.56 Å². The summed E-state index contributed by atoms with van der Waals surface area (Å²) in [7, 11) is 0. The van der Waals surface area contributed by atoms with Crippen molar-refractivity contribution in [3.8, 4) is 11.5 Å². The van der Waals surface area contributed by atoms with Crippen molar-refractivity contribution in [2.45, 2.75) is 31.1 Å². The molecule has 2 aliphatic rings. The summed E-state index contributed by atoms with van der Waals surface area (Å²) in [5, 5.41) is 3.00. The fraction of sp³-hybridized carbons (Fsp3) is 0.353. The third-order valence-electron chi connectivity index (χ3n) is 3.71. The van der Waals surface area contributed by atoms with Gasteiger partial charge in [-0.05, 0) is 36.8 Å². The molecule has 0 saturated heterocycles. The molecule has 3 atom stereocenters. The van der Waals surface area contributed by atoms with Gasteiger partial charge >= 0.3 is 0 Å². The Labute approximate surface area is 150 Å². The van der Waals surface area contributed by atoms with Crippen LogP contribution in [-0.4, -0.2) is 30.3 Å². The largest absolute Gasteiger partial charge is 0.454 e. The van der Waals surface area contributed by atoms with E-state index in [1.807, 2.05) is 18.2 Å². The number of alkyl halides is 1. The zero-order chi connectivity index (χ0) is 17.1. The van der Waals surface area contributed by atoms with Gasteiger partial charge in [0.25, 0.3) is 0 Å². The molecule has 0 radical (unpaired) electrons. The fourth-order valence-corrected chi connectivity index (χ4v) is 2.95. The molecule has 7 heteroatoms. The Morgan fingerprint density at radius 1 is 1.42 bits per heavy atom. The smallest absolute Gasteiger partial charge is 0.249 e. The van der Waals surface area contributed by atoms with Gasteiger partial charge in [-0.15, -0.1) is 11.6 Å². The van der Waals surface area contributed by atoms with Crippen LogP contribution < -0.4 is 14.8 Å². The van der Waals surface area contributed by atoms with Crippen molar-refractivity contribution >= 4 is 29.1 Å². The number of hydrogen-bond donors (Lipinski definition) is 1. The lowest BCUT2D eigenvalue weighted by atomic mass is 10.1. The van der Waals surface area contributed by atoms with Gasteiger partial charge in [0, 0.05) is 11.6 Å². The second kappa shape index (κ2) is 7.47. The highest BCUT2D eigenvalue weighted by molar-refractivity contribution is 6.32. The number of ether oxygens (including phenoxy) is 3. The van der Waals surface area contributed by atoms with Crippen LogP contribution in [0.15, 0.2) is 41.5 Å². The van der Waals surface area contributed by atoms with E-state index in [1.165, 1.54) is 0 Å². The number of fused-ring (bicyclic) bond motifs is 1. The van der Waals surface area contributed by atoms with E-state index in [4.69, 9.17) is 37.4 Å². The van der Waals surface area contributed by atoms with E-state index in [1.54, 1.807) is 25.2 Å². The van der Waals surface area contributed by atoms with Gasteiger partial charge in [0.1, 0.15) is 6.10 Å². The van der Waals surface area contributed by atoms with Crippen molar-refractivity contribution in [1.82, 2.24) is 5.32 Å². The monoisotopic (exact) mass is 369 g/mol. The maximum Gasteiger partial charge on any atom is 0.249 e. The Morgan fingerprint density at radius 3 is 3.00 bits per heavy atom. The van der Waals surface area contributed by atoms with E-state index in [2.05, 4.69) is 5.32 Å². The summed E-state index contributed by atoms with van der Waals surface area (Å²) < 4.78 is 16.3. The maximum absolute atomic E-state index is 12.2. The Balaban J connectivity index is 1.50. The summed E-state index contributed by atoms with van der Waals surface area (Å²) >= 11 is 12.0. The first-order valence-corrected chi connectivity index (χ1v) is 8.35. The molecule has 1 aliphatic carbocycles. The molecule has 1 amide bonds. The van der Waals surface area contributed by atoms with Gasteiger partial charge in [-0.2, -0.15) is 0 Å². The summed E-state index contributed by atoms with van der Waals surface area (Å²) in [6.07, 6.45) is 4.12. The first-order chi connectivity index (χ1) is 11.5. The van der Waals surface area contributed by atoms with Gasteiger partial charge in [-0.1, -0.05) is 23.7 Å². The highest BCUT2D eigenvalue weighted by Crippen LogP contribution is 2.32. The molecule has 0 bridgehead atoms. The van der Waals surface area contributed by atoms with Crippen LogP contribution in [0.1, 0.15) is 12.5 Å². The van der Waals surface area contributed by atoms with E-state index < -0.39 is 11.5 Å². The third-order valence-corrected chi connectivity index (χ3v) is 4.34.